The molecule has 1 aromatic heterocycles. The van der Waals surface area contributed by atoms with Gasteiger partial charge in [0.25, 0.3) is 0 Å². The second-order valence-electron chi connectivity index (χ2n) is 12.3. The highest BCUT2D eigenvalue weighted by atomic mass is 32.1. The number of amides is 4. The number of nitrogens with zero attached hydrogens (tertiary/aromatic N) is 1. The van der Waals surface area contributed by atoms with Crippen LogP contribution in [0.4, 0.5) is 0 Å². The van der Waals surface area contributed by atoms with E-state index in [1.807, 2.05) is 58.2 Å². The van der Waals surface area contributed by atoms with E-state index in [1.165, 1.54) is 0 Å². The van der Waals surface area contributed by atoms with Crippen molar-refractivity contribution in [2.75, 3.05) is 13.1 Å². The summed E-state index contributed by atoms with van der Waals surface area (Å²) in [6.45, 7) is 9.62. The van der Waals surface area contributed by atoms with Crippen molar-refractivity contribution < 1.29 is 19.2 Å². The number of para-hydroxylation sites is 1. The molecule has 0 radical (unpaired) electrons. The molecule has 1 aromatic carbocycles. The zero-order chi connectivity index (χ0) is 32.1. The molecule has 0 saturated carbocycles. The van der Waals surface area contributed by atoms with Gasteiger partial charge in [0.2, 0.25) is 23.6 Å². The summed E-state index contributed by atoms with van der Waals surface area (Å²) in [7, 11) is 0. The fourth-order valence-corrected chi connectivity index (χ4v) is 6.21. The Kier molecular flexibility index (Phi) is 11.0. The van der Waals surface area contributed by atoms with E-state index >= 15 is 0 Å². The van der Waals surface area contributed by atoms with Crippen LogP contribution in [0.5, 0.6) is 0 Å². The number of thiocarbonyl (C=S) groups is 2. The van der Waals surface area contributed by atoms with Crippen molar-refractivity contribution in [2.24, 2.45) is 11.8 Å². The van der Waals surface area contributed by atoms with Crippen LogP contribution in [0.1, 0.15) is 53.0 Å². The number of carbonyl (C=O) groups excluding carboxylic acids is 4. The number of benzene rings is 1. The summed E-state index contributed by atoms with van der Waals surface area (Å²) >= 11 is 11.3. The number of nitrogens with one attached hydrogen (secondary N) is 6. The van der Waals surface area contributed by atoms with Crippen LogP contribution in [0.15, 0.2) is 30.5 Å². The van der Waals surface area contributed by atoms with Gasteiger partial charge < -0.3 is 36.5 Å². The van der Waals surface area contributed by atoms with Crippen LogP contribution in [-0.2, 0) is 25.6 Å². The number of rotatable bonds is 4. The van der Waals surface area contributed by atoms with Gasteiger partial charge in [-0.1, -0.05) is 70.3 Å². The number of H-pyrrole nitrogens is 1. The second-order valence-corrected chi connectivity index (χ2v) is 13.2. The highest BCUT2D eigenvalue weighted by Crippen LogP contribution is 2.22. The van der Waals surface area contributed by atoms with Gasteiger partial charge in [0.1, 0.15) is 24.2 Å². The molecule has 0 unspecified atom stereocenters. The average Bonchev–Trinajstić information content (AvgIpc) is 3.63. The largest absolute Gasteiger partial charge is 0.367 e. The van der Waals surface area contributed by atoms with Crippen LogP contribution in [0, 0.1) is 11.8 Å². The molecule has 2 aromatic rings. The minimum atomic E-state index is -0.875. The fraction of sp³-hybridized carbons (Fsp3) is 0.548. The van der Waals surface area contributed by atoms with Gasteiger partial charge >= 0.3 is 0 Å². The van der Waals surface area contributed by atoms with E-state index in [9.17, 15) is 19.2 Å². The smallest absolute Gasteiger partial charge is 0.246 e. The first-order valence-electron chi connectivity index (χ1n) is 15.2. The maximum absolute atomic E-state index is 13.8. The summed E-state index contributed by atoms with van der Waals surface area (Å²) in [4.78, 5) is 59.6. The lowest BCUT2D eigenvalue weighted by atomic mass is 9.99. The van der Waals surface area contributed by atoms with Crippen LogP contribution in [0.2, 0.25) is 0 Å². The van der Waals surface area contributed by atoms with E-state index in [2.05, 4.69) is 31.6 Å². The minimum absolute atomic E-state index is 0.0267. The van der Waals surface area contributed by atoms with Crippen LogP contribution in [-0.4, -0.2) is 86.8 Å². The molecule has 4 amide bonds. The molecule has 2 fully saturated rings. The van der Waals surface area contributed by atoms with E-state index in [0.29, 0.717) is 30.8 Å². The van der Waals surface area contributed by atoms with Crippen LogP contribution >= 0.6 is 24.4 Å². The van der Waals surface area contributed by atoms with E-state index in [1.54, 1.807) is 11.8 Å². The maximum Gasteiger partial charge on any atom is 0.246 e. The van der Waals surface area contributed by atoms with Gasteiger partial charge in [0.15, 0.2) is 0 Å². The number of hydrogen-bond donors (Lipinski definition) is 6. The van der Waals surface area contributed by atoms with Crippen molar-refractivity contribution in [1.29, 1.82) is 0 Å². The molecule has 2 aliphatic heterocycles. The number of fused-ring (bicyclic) bond motifs is 2. The average molecular weight is 642 g/mol. The summed E-state index contributed by atoms with van der Waals surface area (Å²) in [5, 5.41) is 16.0. The summed E-state index contributed by atoms with van der Waals surface area (Å²) in [5.74, 6) is -1.73. The Morgan fingerprint density at radius 1 is 0.886 bits per heavy atom. The molecule has 238 valence electrons. The number of hydrogen-bond acceptors (Lipinski definition) is 6. The molecule has 3 heterocycles. The Morgan fingerprint density at radius 3 is 2.30 bits per heavy atom. The third-order valence-electron chi connectivity index (χ3n) is 8.24. The van der Waals surface area contributed by atoms with Crippen LogP contribution < -0.4 is 26.6 Å². The normalized spacial score (nSPS) is 26.4. The molecule has 2 saturated heterocycles. The van der Waals surface area contributed by atoms with Gasteiger partial charge in [0.05, 0.1) is 22.6 Å². The predicted octanol–water partition coefficient (Wildman–Crippen LogP) is 1.70. The van der Waals surface area contributed by atoms with E-state index in [0.717, 1.165) is 16.5 Å². The first kappa shape index (κ1) is 33.3. The summed E-state index contributed by atoms with van der Waals surface area (Å²) in [6.07, 6.45) is 3.39. The molecule has 11 nitrogen and oxygen atoms in total. The number of aromatic amines is 1. The minimum Gasteiger partial charge on any atom is -0.367 e. The molecule has 2 aliphatic rings. The molecule has 0 bridgehead atoms. The summed E-state index contributed by atoms with van der Waals surface area (Å²) in [6, 6.07) is 4.16. The first-order chi connectivity index (χ1) is 20.9. The van der Waals surface area contributed by atoms with Crippen molar-refractivity contribution in [3.8, 4) is 0 Å². The first-order valence-corrected chi connectivity index (χ1v) is 16.0. The van der Waals surface area contributed by atoms with E-state index < -0.39 is 36.1 Å². The number of carbonyl (C=O) groups is 4. The number of aromatic nitrogens is 1. The molecule has 13 heteroatoms. The molecule has 5 atom stereocenters. The highest BCUT2D eigenvalue weighted by Gasteiger charge is 2.40. The zero-order valence-corrected chi connectivity index (χ0v) is 27.5. The van der Waals surface area contributed by atoms with Crippen molar-refractivity contribution in [3.05, 3.63) is 36.0 Å². The van der Waals surface area contributed by atoms with E-state index in [4.69, 9.17) is 24.4 Å². The lowest BCUT2D eigenvalue weighted by Crippen LogP contribution is -2.61. The summed E-state index contributed by atoms with van der Waals surface area (Å²) < 4.78 is 0. The highest BCUT2D eigenvalue weighted by molar-refractivity contribution is 7.80. The molecule has 4 rings (SSSR count). The lowest BCUT2D eigenvalue weighted by molar-refractivity contribution is -0.141. The Balaban J connectivity index is 1.66. The standard InChI is InChI=1S/C31H43N7O4S2/c1-16(2)25-29(41)35-22(13-19-14-32-21-10-7-6-9-20(19)21)30(44)34-18(5)27(39)33-15-24(43)36-26(17(3)4)31(42)38-12-8-11-23(38)28(40)37-25/h6-7,9-10,14,16-18,22-23,25-26,32H,8,11-13,15H2,1-5H3,(H,33,39)(H,34,44)(H,35,41)(H,36,43)(H,37,40)/t18-,22-,23-,25-,26-/m0/s1. The molecule has 0 aliphatic carbocycles. The Bertz CT molecular complexity index is 1420. The van der Waals surface area contributed by atoms with Crippen LogP contribution in [0.25, 0.3) is 10.9 Å². The monoisotopic (exact) mass is 641 g/mol. The van der Waals surface area contributed by atoms with Gasteiger partial charge in [-0.3, -0.25) is 19.2 Å². The Morgan fingerprint density at radius 2 is 1.59 bits per heavy atom. The Labute approximate surface area is 269 Å². The molecule has 0 spiro atoms. The van der Waals surface area contributed by atoms with Crippen molar-refractivity contribution in [1.82, 2.24) is 36.5 Å². The van der Waals surface area contributed by atoms with Gasteiger partial charge in [-0.05, 0) is 43.2 Å². The summed E-state index contributed by atoms with van der Waals surface area (Å²) in [5.41, 5.74) is 1.89. The molecular weight excluding hydrogens is 599 g/mol. The van der Waals surface area contributed by atoms with Gasteiger partial charge in [0, 0.05) is 30.1 Å². The molecular formula is C31H43N7O4S2. The second kappa shape index (κ2) is 14.5. The maximum atomic E-state index is 13.8. The van der Waals surface area contributed by atoms with Crippen molar-refractivity contribution in [3.63, 3.8) is 0 Å². The van der Waals surface area contributed by atoms with Crippen LogP contribution in [0.3, 0.4) is 0 Å². The third-order valence-corrected chi connectivity index (χ3v) is 8.91. The lowest BCUT2D eigenvalue weighted by Gasteiger charge is -2.33. The van der Waals surface area contributed by atoms with Gasteiger partial charge in [-0.25, -0.2) is 0 Å². The van der Waals surface area contributed by atoms with Gasteiger partial charge in [-0.15, -0.1) is 0 Å². The third kappa shape index (κ3) is 7.73. The quantitative estimate of drug-likeness (QED) is 0.277. The molecule has 44 heavy (non-hydrogen) atoms. The van der Waals surface area contributed by atoms with Crippen molar-refractivity contribution >= 4 is 68.9 Å². The zero-order valence-electron chi connectivity index (χ0n) is 25.9. The van der Waals surface area contributed by atoms with Crippen molar-refractivity contribution in [2.45, 2.75) is 84.1 Å². The fourth-order valence-electron chi connectivity index (χ4n) is 5.70. The Hall–Kier alpha value is -3.58. The van der Waals surface area contributed by atoms with Gasteiger partial charge in [-0.2, -0.15) is 0 Å². The van der Waals surface area contributed by atoms with E-state index in [-0.39, 0.29) is 41.1 Å². The predicted molar refractivity (Wildman–Crippen MR) is 178 cm³/mol. The topological polar surface area (TPSA) is 147 Å². The SMILES string of the molecule is CC(C)[C@@H]1NC(=O)[C@@H]2CCCN2C(=O)[C@H](C(C)C)NC(=S)CNC(=O)[C@H](C)NC(=S)[C@H](Cc2c[nH]c3ccccc23)NC1=O. The molecule has 6 N–H and O–H groups in total.